The second-order valence-electron chi connectivity index (χ2n) is 4.33. The number of piperidine rings is 1. The average molecular weight is 219 g/mol. The third-order valence-electron chi connectivity index (χ3n) is 3.14. The van der Waals surface area contributed by atoms with E-state index >= 15 is 0 Å². The molecule has 1 aromatic rings. The molecule has 1 aromatic heterocycles. The molecule has 0 radical (unpaired) electrons. The van der Waals surface area contributed by atoms with Crippen molar-refractivity contribution in [1.82, 2.24) is 10.3 Å². The highest BCUT2D eigenvalue weighted by molar-refractivity contribution is 5.52. The van der Waals surface area contributed by atoms with Crippen molar-refractivity contribution in [2.75, 3.05) is 24.5 Å². The van der Waals surface area contributed by atoms with Crippen molar-refractivity contribution in [3.8, 4) is 0 Å². The third kappa shape index (κ3) is 2.73. The molecule has 3 heteroatoms. The van der Waals surface area contributed by atoms with E-state index in [1.165, 1.54) is 43.6 Å². The van der Waals surface area contributed by atoms with Crippen molar-refractivity contribution in [2.24, 2.45) is 0 Å². The molecule has 0 bridgehead atoms. The molecular weight excluding hydrogens is 198 g/mol. The van der Waals surface area contributed by atoms with Gasteiger partial charge in [-0.05, 0) is 31.9 Å². The lowest BCUT2D eigenvalue weighted by Crippen LogP contribution is -2.30. The molecule has 16 heavy (non-hydrogen) atoms. The monoisotopic (exact) mass is 219 g/mol. The minimum Gasteiger partial charge on any atom is -0.371 e. The van der Waals surface area contributed by atoms with Gasteiger partial charge in [-0.2, -0.15) is 0 Å². The average Bonchev–Trinajstić information content (AvgIpc) is 2.38. The fourth-order valence-corrected chi connectivity index (χ4v) is 2.26. The molecule has 0 atom stereocenters. The van der Waals surface area contributed by atoms with Crippen LogP contribution < -0.4 is 10.2 Å². The maximum atomic E-state index is 4.23. The first-order valence-electron chi connectivity index (χ1n) is 6.30. The van der Waals surface area contributed by atoms with E-state index in [9.17, 15) is 0 Å². The summed E-state index contributed by atoms with van der Waals surface area (Å²) in [7, 11) is 0. The number of nitrogens with one attached hydrogen (secondary N) is 1. The van der Waals surface area contributed by atoms with Crippen LogP contribution in [0.2, 0.25) is 0 Å². The Bertz CT molecular complexity index is 319. The van der Waals surface area contributed by atoms with Crippen LogP contribution in [0.3, 0.4) is 0 Å². The molecule has 1 saturated heterocycles. The largest absolute Gasteiger partial charge is 0.371 e. The molecule has 0 aromatic carbocycles. The zero-order valence-corrected chi connectivity index (χ0v) is 10.1. The Morgan fingerprint density at radius 2 is 2.12 bits per heavy atom. The molecule has 1 N–H and O–H groups in total. The number of hydrogen-bond acceptors (Lipinski definition) is 3. The minimum absolute atomic E-state index is 0.927. The number of anilines is 1. The van der Waals surface area contributed by atoms with E-state index in [0.29, 0.717) is 0 Å². The number of aromatic nitrogens is 1. The highest BCUT2D eigenvalue weighted by atomic mass is 15.1. The first-order chi connectivity index (χ1) is 7.92. The Labute approximate surface area is 97.9 Å². The van der Waals surface area contributed by atoms with E-state index in [1.54, 1.807) is 0 Å². The Hall–Kier alpha value is -1.09. The molecule has 0 amide bonds. The molecule has 0 aliphatic carbocycles. The van der Waals surface area contributed by atoms with E-state index in [4.69, 9.17) is 0 Å². The van der Waals surface area contributed by atoms with Gasteiger partial charge in [0.1, 0.15) is 0 Å². The van der Waals surface area contributed by atoms with Crippen molar-refractivity contribution in [3.05, 3.63) is 24.0 Å². The predicted molar refractivity (Wildman–Crippen MR) is 67.7 cm³/mol. The molecule has 0 unspecified atom stereocenters. The Morgan fingerprint density at radius 1 is 1.31 bits per heavy atom. The Balaban J connectivity index is 2.11. The predicted octanol–water partition coefficient (Wildman–Crippen LogP) is 2.18. The summed E-state index contributed by atoms with van der Waals surface area (Å²) < 4.78 is 0. The first-order valence-corrected chi connectivity index (χ1v) is 6.30. The lowest BCUT2D eigenvalue weighted by Gasteiger charge is -2.30. The van der Waals surface area contributed by atoms with Crippen molar-refractivity contribution >= 4 is 5.69 Å². The third-order valence-corrected chi connectivity index (χ3v) is 3.14. The van der Waals surface area contributed by atoms with E-state index in [2.05, 4.69) is 28.2 Å². The standard InChI is InChI=1S/C13H21N3/c1-2-14-10-12-11-15-7-6-13(12)16-8-4-3-5-9-16/h6-7,11,14H,2-5,8-10H2,1H3. The van der Waals surface area contributed by atoms with E-state index in [-0.39, 0.29) is 0 Å². The molecule has 0 saturated carbocycles. The summed E-state index contributed by atoms with van der Waals surface area (Å²) in [6, 6.07) is 2.15. The molecule has 1 aliphatic heterocycles. The zero-order valence-electron chi connectivity index (χ0n) is 10.1. The Kier molecular flexibility index (Phi) is 4.17. The summed E-state index contributed by atoms with van der Waals surface area (Å²) >= 11 is 0. The second kappa shape index (κ2) is 5.85. The van der Waals surface area contributed by atoms with Gasteiger partial charge in [-0.1, -0.05) is 6.92 Å². The lowest BCUT2D eigenvalue weighted by molar-refractivity contribution is 0.574. The number of hydrogen-bond donors (Lipinski definition) is 1. The van der Waals surface area contributed by atoms with Crippen molar-refractivity contribution in [2.45, 2.75) is 32.7 Å². The number of nitrogens with zero attached hydrogens (tertiary/aromatic N) is 2. The number of pyridine rings is 1. The van der Waals surface area contributed by atoms with E-state index < -0.39 is 0 Å². The lowest BCUT2D eigenvalue weighted by atomic mass is 10.1. The van der Waals surface area contributed by atoms with Crippen LogP contribution in [0, 0.1) is 0 Å². The molecule has 88 valence electrons. The van der Waals surface area contributed by atoms with E-state index in [1.807, 2.05) is 12.4 Å². The van der Waals surface area contributed by atoms with Gasteiger partial charge in [-0.3, -0.25) is 4.98 Å². The van der Waals surface area contributed by atoms with Gasteiger partial charge in [0.25, 0.3) is 0 Å². The zero-order chi connectivity index (χ0) is 11.2. The van der Waals surface area contributed by atoms with Crippen LogP contribution in [-0.4, -0.2) is 24.6 Å². The van der Waals surface area contributed by atoms with Gasteiger partial charge in [0.2, 0.25) is 0 Å². The molecule has 3 nitrogen and oxygen atoms in total. The van der Waals surface area contributed by atoms with Crippen LogP contribution >= 0.6 is 0 Å². The maximum Gasteiger partial charge on any atom is 0.0442 e. The quantitative estimate of drug-likeness (QED) is 0.841. The molecule has 0 spiro atoms. The summed E-state index contributed by atoms with van der Waals surface area (Å²) in [6.07, 6.45) is 7.92. The first kappa shape index (κ1) is 11.4. The summed E-state index contributed by atoms with van der Waals surface area (Å²) in [5.41, 5.74) is 2.70. The fourth-order valence-electron chi connectivity index (χ4n) is 2.26. The summed E-state index contributed by atoms with van der Waals surface area (Å²) in [5, 5.41) is 3.38. The van der Waals surface area contributed by atoms with Crippen molar-refractivity contribution in [3.63, 3.8) is 0 Å². The normalized spacial score (nSPS) is 16.4. The number of rotatable bonds is 4. The Morgan fingerprint density at radius 3 is 2.88 bits per heavy atom. The maximum absolute atomic E-state index is 4.23. The topological polar surface area (TPSA) is 28.2 Å². The van der Waals surface area contributed by atoms with Gasteiger partial charge in [0, 0.05) is 43.3 Å². The SMILES string of the molecule is CCNCc1cnccc1N1CCCCC1. The highest BCUT2D eigenvalue weighted by Crippen LogP contribution is 2.23. The molecule has 2 heterocycles. The molecule has 2 rings (SSSR count). The smallest absolute Gasteiger partial charge is 0.0442 e. The summed E-state index contributed by atoms with van der Waals surface area (Å²) in [4.78, 5) is 6.72. The molecule has 1 fully saturated rings. The van der Waals surface area contributed by atoms with Crippen LogP contribution in [0.1, 0.15) is 31.7 Å². The van der Waals surface area contributed by atoms with Crippen LogP contribution in [0.25, 0.3) is 0 Å². The second-order valence-corrected chi connectivity index (χ2v) is 4.33. The van der Waals surface area contributed by atoms with Gasteiger partial charge >= 0.3 is 0 Å². The van der Waals surface area contributed by atoms with Gasteiger partial charge in [0.05, 0.1) is 0 Å². The van der Waals surface area contributed by atoms with Crippen molar-refractivity contribution < 1.29 is 0 Å². The summed E-state index contributed by atoms with van der Waals surface area (Å²) in [5.74, 6) is 0. The summed E-state index contributed by atoms with van der Waals surface area (Å²) in [6.45, 7) is 6.47. The van der Waals surface area contributed by atoms with E-state index in [0.717, 1.165) is 13.1 Å². The fraction of sp³-hybridized carbons (Fsp3) is 0.615. The highest BCUT2D eigenvalue weighted by Gasteiger charge is 2.13. The van der Waals surface area contributed by atoms with Gasteiger partial charge in [0.15, 0.2) is 0 Å². The van der Waals surface area contributed by atoms with Crippen LogP contribution in [0.15, 0.2) is 18.5 Å². The van der Waals surface area contributed by atoms with Crippen LogP contribution in [-0.2, 0) is 6.54 Å². The van der Waals surface area contributed by atoms with Gasteiger partial charge in [-0.25, -0.2) is 0 Å². The van der Waals surface area contributed by atoms with Crippen molar-refractivity contribution in [1.29, 1.82) is 0 Å². The molecular formula is C13H21N3. The van der Waals surface area contributed by atoms with Gasteiger partial charge in [-0.15, -0.1) is 0 Å². The molecule has 1 aliphatic rings. The van der Waals surface area contributed by atoms with Crippen LogP contribution in [0.5, 0.6) is 0 Å². The van der Waals surface area contributed by atoms with Crippen LogP contribution in [0.4, 0.5) is 5.69 Å². The van der Waals surface area contributed by atoms with Gasteiger partial charge < -0.3 is 10.2 Å². The minimum atomic E-state index is 0.927.